The third-order valence-corrected chi connectivity index (χ3v) is 0.380. The highest BCUT2D eigenvalue weighted by atomic mass is 16.6. The van der Waals surface area contributed by atoms with Gasteiger partial charge in [0, 0.05) is 14.0 Å². The molecule has 0 aromatic rings. The van der Waals surface area contributed by atoms with Gasteiger partial charge in [-0.1, -0.05) is 0 Å². The van der Waals surface area contributed by atoms with Gasteiger partial charge in [0.25, 0.3) is 5.97 Å². The Morgan fingerprint density at radius 2 is 2.29 bits per heavy atom. The topological polar surface area (TPSA) is 35.5 Å². The molecule has 40 valence electrons. The van der Waals surface area contributed by atoms with Gasteiger partial charge < -0.3 is 9.31 Å². The van der Waals surface area contributed by atoms with E-state index in [0.717, 1.165) is 0 Å². The van der Waals surface area contributed by atoms with E-state index in [1.54, 1.807) is 0 Å². The van der Waals surface area contributed by atoms with E-state index in [2.05, 4.69) is 9.31 Å². The Morgan fingerprint density at radius 3 is 2.43 bits per heavy atom. The highest BCUT2D eigenvalue weighted by Crippen LogP contribution is 1.69. The Bertz CT molecular complexity index is 63.2. The first-order chi connectivity index (χ1) is 3.27. The first kappa shape index (κ1) is 6.49. The van der Waals surface area contributed by atoms with Crippen LogP contribution < -0.4 is 0 Å². The summed E-state index contributed by atoms with van der Waals surface area (Å²) in [6, 6.07) is 0. The normalized spacial score (nSPS) is 7.71. The molecule has 0 fully saturated rings. The Labute approximate surface area is 42.9 Å². The number of carbonyl (C=O) groups is 1. The Kier molecular flexibility index (Phi) is 3.41. The first-order valence-corrected chi connectivity index (χ1v) is 1.89. The van der Waals surface area contributed by atoms with E-state index in [0.29, 0.717) is 0 Å². The van der Waals surface area contributed by atoms with Crippen molar-refractivity contribution in [2.45, 2.75) is 6.92 Å². The number of hydrogen-bond acceptors (Lipinski definition) is 3. The van der Waals surface area contributed by atoms with E-state index >= 15 is 0 Å². The molecule has 7 heavy (non-hydrogen) atoms. The van der Waals surface area contributed by atoms with Gasteiger partial charge in [-0.25, -0.2) is 0 Å². The molecular formula is C3H7BO3. The van der Waals surface area contributed by atoms with Crippen molar-refractivity contribution in [1.29, 1.82) is 0 Å². The maximum absolute atomic E-state index is 9.90. The van der Waals surface area contributed by atoms with Crippen LogP contribution in [0.25, 0.3) is 0 Å². The second-order valence-electron chi connectivity index (χ2n) is 1.04. The highest BCUT2D eigenvalue weighted by Gasteiger charge is 1.90. The third kappa shape index (κ3) is 5.49. The van der Waals surface area contributed by atoms with Crippen LogP contribution in [0.4, 0.5) is 0 Å². The summed E-state index contributed by atoms with van der Waals surface area (Å²) in [5.41, 5.74) is 0. The van der Waals surface area contributed by atoms with Crippen molar-refractivity contribution in [3.63, 3.8) is 0 Å². The summed E-state index contributed by atoms with van der Waals surface area (Å²) in [5.74, 6) is -0.318. The molecule has 0 aliphatic heterocycles. The maximum atomic E-state index is 9.90. The van der Waals surface area contributed by atoms with E-state index in [1.165, 1.54) is 14.0 Å². The van der Waals surface area contributed by atoms with Crippen LogP contribution in [-0.4, -0.2) is 20.8 Å². The average Bonchev–Trinajstić information content (AvgIpc) is 1.61. The van der Waals surface area contributed by atoms with Crippen LogP contribution >= 0.6 is 0 Å². The molecule has 0 unspecified atom stereocenters. The molecule has 0 spiro atoms. The molecule has 0 aliphatic rings. The van der Waals surface area contributed by atoms with Gasteiger partial charge in [0.05, 0.1) is 0 Å². The zero-order valence-corrected chi connectivity index (χ0v) is 4.43. The second-order valence-corrected chi connectivity index (χ2v) is 1.04. The molecule has 0 bridgehead atoms. The van der Waals surface area contributed by atoms with E-state index in [-0.39, 0.29) is 13.7 Å². The number of rotatable bonds is 2. The summed E-state index contributed by atoms with van der Waals surface area (Å²) < 4.78 is 8.74. The Morgan fingerprint density at radius 1 is 1.71 bits per heavy atom. The summed E-state index contributed by atoms with van der Waals surface area (Å²) in [6.07, 6.45) is 0. The highest BCUT2D eigenvalue weighted by molar-refractivity contribution is 6.21. The van der Waals surface area contributed by atoms with Crippen molar-refractivity contribution >= 4 is 13.7 Å². The zero-order valence-electron chi connectivity index (χ0n) is 4.43. The monoisotopic (exact) mass is 102 g/mol. The zero-order chi connectivity index (χ0) is 5.70. The van der Waals surface area contributed by atoms with Crippen molar-refractivity contribution in [2.75, 3.05) is 7.11 Å². The van der Waals surface area contributed by atoms with Crippen LogP contribution in [0, 0.1) is 0 Å². The molecular weight excluding hydrogens is 94.8 g/mol. The molecule has 3 nitrogen and oxygen atoms in total. The van der Waals surface area contributed by atoms with Gasteiger partial charge in [-0.2, -0.15) is 0 Å². The van der Waals surface area contributed by atoms with Crippen molar-refractivity contribution in [2.24, 2.45) is 0 Å². The standard InChI is InChI=1S/C3H7BO3/c1-3(5)7-4-6-2/h4H,1-2H3. The van der Waals surface area contributed by atoms with Crippen molar-refractivity contribution in [3.8, 4) is 0 Å². The predicted octanol–water partition coefficient (Wildman–Crippen LogP) is -0.538. The second kappa shape index (κ2) is 3.68. The lowest BCUT2D eigenvalue weighted by atomic mass is 10.4. The lowest BCUT2D eigenvalue weighted by Gasteiger charge is -1.92. The van der Waals surface area contributed by atoms with E-state index in [1.807, 2.05) is 0 Å². The van der Waals surface area contributed by atoms with Crippen LogP contribution in [0.1, 0.15) is 6.92 Å². The summed E-state index contributed by atoms with van der Waals surface area (Å²) in [6.45, 7) is 1.33. The Hall–Kier alpha value is -0.505. The summed E-state index contributed by atoms with van der Waals surface area (Å²) in [5, 5.41) is 0. The van der Waals surface area contributed by atoms with Crippen LogP contribution in [0.5, 0.6) is 0 Å². The third-order valence-electron chi connectivity index (χ3n) is 0.380. The molecule has 0 radical (unpaired) electrons. The van der Waals surface area contributed by atoms with E-state index in [4.69, 9.17) is 0 Å². The number of carbonyl (C=O) groups excluding carboxylic acids is 1. The molecule has 0 heterocycles. The fourth-order valence-electron chi connectivity index (χ4n) is 0.142. The van der Waals surface area contributed by atoms with Gasteiger partial charge in [-0.3, -0.25) is 4.79 Å². The molecule has 0 aliphatic carbocycles. The lowest BCUT2D eigenvalue weighted by molar-refractivity contribution is -0.132. The molecule has 0 saturated carbocycles. The lowest BCUT2D eigenvalue weighted by Crippen LogP contribution is -2.05. The van der Waals surface area contributed by atoms with Gasteiger partial charge in [0.15, 0.2) is 0 Å². The van der Waals surface area contributed by atoms with Crippen LogP contribution in [0.2, 0.25) is 0 Å². The van der Waals surface area contributed by atoms with Crippen molar-refractivity contribution in [1.82, 2.24) is 0 Å². The molecule has 0 aromatic carbocycles. The van der Waals surface area contributed by atoms with Gasteiger partial charge in [-0.05, 0) is 0 Å². The smallest absolute Gasteiger partial charge is 0.508 e. The minimum Gasteiger partial charge on any atom is -0.512 e. The van der Waals surface area contributed by atoms with Gasteiger partial charge >= 0.3 is 7.69 Å². The fourth-order valence-corrected chi connectivity index (χ4v) is 0.142. The molecule has 0 aromatic heterocycles. The van der Waals surface area contributed by atoms with Crippen LogP contribution in [0.15, 0.2) is 0 Å². The van der Waals surface area contributed by atoms with Gasteiger partial charge in [0.1, 0.15) is 0 Å². The van der Waals surface area contributed by atoms with Crippen molar-refractivity contribution < 1.29 is 14.1 Å². The van der Waals surface area contributed by atoms with Gasteiger partial charge in [-0.15, -0.1) is 0 Å². The van der Waals surface area contributed by atoms with Crippen LogP contribution in [-0.2, 0) is 14.1 Å². The molecule has 4 heteroatoms. The maximum Gasteiger partial charge on any atom is 0.508 e. The van der Waals surface area contributed by atoms with Crippen LogP contribution in [0.3, 0.4) is 0 Å². The summed E-state index contributed by atoms with van der Waals surface area (Å²) >= 11 is 0. The molecule has 0 saturated heterocycles. The molecule has 0 amide bonds. The number of hydrogen-bond donors (Lipinski definition) is 0. The fraction of sp³-hybridized carbons (Fsp3) is 0.667. The minimum absolute atomic E-state index is 0.0509. The quantitative estimate of drug-likeness (QED) is 0.439. The van der Waals surface area contributed by atoms with Gasteiger partial charge in [0.2, 0.25) is 0 Å². The summed E-state index contributed by atoms with van der Waals surface area (Å²) in [4.78, 5) is 9.90. The first-order valence-electron chi connectivity index (χ1n) is 1.89. The molecule has 0 N–H and O–H groups in total. The minimum atomic E-state index is -0.318. The van der Waals surface area contributed by atoms with Crippen molar-refractivity contribution in [3.05, 3.63) is 0 Å². The summed E-state index contributed by atoms with van der Waals surface area (Å²) in [7, 11) is 1.51. The van der Waals surface area contributed by atoms with E-state index in [9.17, 15) is 4.79 Å². The Balaban J connectivity index is 2.82. The SMILES string of the molecule is COBOC(C)=O. The molecule has 0 rings (SSSR count). The van der Waals surface area contributed by atoms with E-state index < -0.39 is 0 Å². The predicted molar refractivity (Wildman–Crippen MR) is 25.9 cm³/mol. The largest absolute Gasteiger partial charge is 0.512 e. The molecule has 0 atom stereocenters. The average molecular weight is 102 g/mol.